The molecule has 1 heterocycles. The quantitative estimate of drug-likeness (QED) is 0.846. The van der Waals surface area contributed by atoms with E-state index in [1.54, 1.807) is 19.1 Å². The van der Waals surface area contributed by atoms with Crippen LogP contribution in [0, 0.1) is 0 Å². The Morgan fingerprint density at radius 3 is 2.48 bits per heavy atom. The fraction of sp³-hybridized carbons (Fsp3) is 0.615. The summed E-state index contributed by atoms with van der Waals surface area (Å²) in [5.74, 6) is -0.111. The second-order valence-corrected chi connectivity index (χ2v) is 7.52. The minimum Gasteiger partial charge on any atom is -0.598 e. The Hall–Kier alpha value is -0.990. The SMILES string of the molecule is CC(N[S@+]([O-])C(C)(C)C)c1cccc(OCC(F)(F)F)n1. The van der Waals surface area contributed by atoms with Crippen molar-refractivity contribution in [3.05, 3.63) is 23.9 Å². The molecule has 0 aromatic carbocycles. The van der Waals surface area contributed by atoms with Crippen molar-refractivity contribution in [3.63, 3.8) is 0 Å². The third-order valence-corrected chi connectivity index (χ3v) is 4.09. The van der Waals surface area contributed by atoms with Crippen LogP contribution in [0.3, 0.4) is 0 Å². The molecule has 0 aliphatic rings. The van der Waals surface area contributed by atoms with Crippen LogP contribution in [-0.4, -0.2) is 27.1 Å². The zero-order chi connectivity index (χ0) is 16.3. The van der Waals surface area contributed by atoms with E-state index < -0.39 is 28.9 Å². The number of hydrogen-bond donors (Lipinski definition) is 1. The Labute approximate surface area is 125 Å². The molecule has 0 bridgehead atoms. The highest BCUT2D eigenvalue weighted by Gasteiger charge is 2.30. The van der Waals surface area contributed by atoms with Gasteiger partial charge in [-0.25, -0.2) is 4.98 Å². The number of alkyl halides is 3. The van der Waals surface area contributed by atoms with Crippen molar-refractivity contribution in [1.82, 2.24) is 9.71 Å². The highest BCUT2D eigenvalue weighted by atomic mass is 32.2. The van der Waals surface area contributed by atoms with Gasteiger partial charge in [-0.15, -0.1) is 4.72 Å². The minimum atomic E-state index is -4.41. The monoisotopic (exact) mass is 324 g/mol. The van der Waals surface area contributed by atoms with Crippen molar-refractivity contribution in [2.75, 3.05) is 6.61 Å². The molecule has 0 amide bonds. The molecule has 1 aromatic rings. The predicted molar refractivity (Wildman–Crippen MR) is 75.2 cm³/mol. The van der Waals surface area contributed by atoms with Crippen LogP contribution in [0.1, 0.15) is 39.4 Å². The molecule has 0 radical (unpaired) electrons. The van der Waals surface area contributed by atoms with E-state index in [-0.39, 0.29) is 11.9 Å². The zero-order valence-electron chi connectivity index (χ0n) is 12.3. The lowest BCUT2D eigenvalue weighted by molar-refractivity contribution is -0.154. The predicted octanol–water partition coefficient (Wildman–Crippen LogP) is 3.14. The average molecular weight is 324 g/mol. The number of hydrogen-bond acceptors (Lipinski definition) is 4. The van der Waals surface area contributed by atoms with Crippen molar-refractivity contribution < 1.29 is 22.5 Å². The summed E-state index contributed by atoms with van der Waals surface area (Å²) in [4.78, 5) is 3.99. The van der Waals surface area contributed by atoms with Gasteiger partial charge in [0.25, 0.3) is 0 Å². The van der Waals surface area contributed by atoms with Gasteiger partial charge in [-0.1, -0.05) is 6.07 Å². The molecule has 1 aromatic heterocycles. The Morgan fingerprint density at radius 2 is 1.95 bits per heavy atom. The van der Waals surface area contributed by atoms with E-state index in [0.29, 0.717) is 5.69 Å². The number of nitrogens with zero attached hydrogens (tertiary/aromatic N) is 1. The summed E-state index contributed by atoms with van der Waals surface area (Å²) in [6.45, 7) is 5.80. The summed E-state index contributed by atoms with van der Waals surface area (Å²) in [6, 6.07) is 4.16. The molecule has 4 nitrogen and oxygen atoms in total. The molecule has 2 atom stereocenters. The van der Waals surface area contributed by atoms with Crippen molar-refractivity contribution >= 4 is 11.4 Å². The van der Waals surface area contributed by atoms with Gasteiger partial charge in [0.15, 0.2) is 6.61 Å². The number of rotatable bonds is 5. The van der Waals surface area contributed by atoms with Gasteiger partial charge in [0.2, 0.25) is 5.88 Å². The summed E-state index contributed by atoms with van der Waals surface area (Å²) in [5, 5.41) is 0. The van der Waals surface area contributed by atoms with E-state index in [4.69, 9.17) is 0 Å². The molecular formula is C13H19F3N2O2S. The molecule has 0 aliphatic carbocycles. The van der Waals surface area contributed by atoms with Crippen LogP contribution >= 0.6 is 0 Å². The molecule has 120 valence electrons. The molecule has 0 fully saturated rings. The van der Waals surface area contributed by atoms with Gasteiger partial charge in [0.1, 0.15) is 4.75 Å². The van der Waals surface area contributed by atoms with Gasteiger partial charge in [-0.2, -0.15) is 13.2 Å². The van der Waals surface area contributed by atoms with Crippen LogP contribution in [-0.2, 0) is 11.4 Å². The third-order valence-electron chi connectivity index (χ3n) is 2.41. The summed E-state index contributed by atoms with van der Waals surface area (Å²) in [5.41, 5.74) is 0.465. The Balaban J connectivity index is 2.71. The first-order valence-corrected chi connectivity index (χ1v) is 7.48. The summed E-state index contributed by atoms with van der Waals surface area (Å²) < 4.78 is 55.3. The third kappa shape index (κ3) is 6.54. The van der Waals surface area contributed by atoms with Crippen molar-refractivity contribution in [1.29, 1.82) is 0 Å². The van der Waals surface area contributed by atoms with Gasteiger partial charge in [-0.05, 0) is 33.8 Å². The minimum absolute atomic E-state index is 0.111. The van der Waals surface area contributed by atoms with E-state index in [2.05, 4.69) is 14.4 Å². The van der Waals surface area contributed by atoms with Gasteiger partial charge in [0, 0.05) is 17.4 Å². The topological polar surface area (TPSA) is 57.2 Å². The Bertz CT molecular complexity index is 463. The summed E-state index contributed by atoms with van der Waals surface area (Å²) >= 11 is -1.30. The van der Waals surface area contributed by atoms with Crippen LogP contribution < -0.4 is 9.46 Å². The molecular weight excluding hydrogens is 305 g/mol. The van der Waals surface area contributed by atoms with Gasteiger partial charge < -0.3 is 9.29 Å². The second-order valence-electron chi connectivity index (χ2n) is 5.53. The largest absolute Gasteiger partial charge is 0.598 e. The van der Waals surface area contributed by atoms with E-state index in [0.717, 1.165) is 0 Å². The Morgan fingerprint density at radius 1 is 1.33 bits per heavy atom. The zero-order valence-corrected chi connectivity index (χ0v) is 13.1. The molecule has 0 aliphatic heterocycles. The number of halogens is 3. The maximum atomic E-state index is 12.1. The van der Waals surface area contributed by atoms with Crippen molar-refractivity contribution in [2.24, 2.45) is 0 Å². The highest BCUT2D eigenvalue weighted by Crippen LogP contribution is 2.21. The smallest absolute Gasteiger partial charge is 0.422 e. The molecule has 1 N–H and O–H groups in total. The summed E-state index contributed by atoms with van der Waals surface area (Å²) in [7, 11) is 0. The van der Waals surface area contributed by atoms with Crippen LogP contribution in [0.15, 0.2) is 18.2 Å². The first kappa shape index (κ1) is 18.1. The lowest BCUT2D eigenvalue weighted by Gasteiger charge is -2.26. The van der Waals surface area contributed by atoms with Crippen molar-refractivity contribution in [2.45, 2.75) is 44.7 Å². The molecule has 1 rings (SSSR count). The fourth-order valence-electron chi connectivity index (χ4n) is 1.31. The maximum Gasteiger partial charge on any atom is 0.422 e. The van der Waals surface area contributed by atoms with Crippen LogP contribution in [0.4, 0.5) is 13.2 Å². The van der Waals surface area contributed by atoms with E-state index in [1.165, 1.54) is 6.07 Å². The van der Waals surface area contributed by atoms with Gasteiger partial charge in [-0.3, -0.25) is 0 Å². The van der Waals surface area contributed by atoms with Gasteiger partial charge in [0.05, 0.1) is 11.7 Å². The number of aromatic nitrogens is 1. The molecule has 0 saturated carbocycles. The molecule has 1 unspecified atom stereocenters. The lowest BCUT2D eigenvalue weighted by atomic mass is 10.2. The fourth-order valence-corrected chi connectivity index (χ4v) is 2.10. The molecule has 0 spiro atoms. The van der Waals surface area contributed by atoms with E-state index in [1.807, 2.05) is 20.8 Å². The van der Waals surface area contributed by atoms with E-state index >= 15 is 0 Å². The first-order valence-electron chi connectivity index (χ1n) is 6.33. The second kappa shape index (κ2) is 6.85. The van der Waals surface area contributed by atoms with Crippen LogP contribution in [0.2, 0.25) is 0 Å². The Kier molecular flexibility index (Phi) is 5.89. The standard InChI is InChI=1S/C13H19F3N2O2S/c1-9(18-21(19)12(2,3)4)10-6-5-7-11(17-10)20-8-13(14,15)16/h5-7,9,18H,8H2,1-4H3/t9?,21-/m1/s1. The van der Waals surface area contributed by atoms with E-state index in [9.17, 15) is 17.7 Å². The number of ether oxygens (including phenoxy) is 1. The maximum absolute atomic E-state index is 12.1. The molecule has 0 saturated heterocycles. The first-order chi connectivity index (χ1) is 9.49. The van der Waals surface area contributed by atoms with Crippen molar-refractivity contribution in [3.8, 4) is 5.88 Å². The molecule has 21 heavy (non-hydrogen) atoms. The highest BCUT2D eigenvalue weighted by molar-refractivity contribution is 7.90. The normalized spacial score (nSPS) is 15.6. The average Bonchev–Trinajstić information content (AvgIpc) is 2.34. The summed E-state index contributed by atoms with van der Waals surface area (Å²) in [6.07, 6.45) is -4.41. The van der Waals surface area contributed by atoms with Crippen LogP contribution in [0.25, 0.3) is 0 Å². The number of nitrogens with one attached hydrogen (secondary N) is 1. The lowest BCUT2D eigenvalue weighted by Crippen LogP contribution is -2.40. The van der Waals surface area contributed by atoms with Gasteiger partial charge >= 0.3 is 6.18 Å². The number of pyridine rings is 1. The molecule has 8 heteroatoms. The van der Waals surface area contributed by atoms with Crippen LogP contribution in [0.5, 0.6) is 5.88 Å².